The predicted octanol–water partition coefficient (Wildman–Crippen LogP) is 2.73. The molecule has 3 heterocycles. The monoisotopic (exact) mass is 416 g/mol. The Morgan fingerprint density at radius 1 is 1.10 bits per heavy atom. The van der Waals surface area contributed by atoms with Gasteiger partial charge in [0.05, 0.1) is 0 Å². The molecule has 1 aromatic heterocycles. The molecule has 5 rings (SSSR count). The number of nitrogens with zero attached hydrogens (tertiary/aromatic N) is 2. The summed E-state index contributed by atoms with van der Waals surface area (Å²) in [4.78, 5) is 28.2. The smallest absolute Gasteiger partial charge is 0.289 e. The van der Waals surface area contributed by atoms with Gasteiger partial charge in [-0.3, -0.25) is 9.59 Å². The standard InChI is InChI=1S/C24H21N3O4/c1-16-6-2-3-7-18(16)25-24(29)23-19-8-4-5-11-26(19)14-22(28)27(23)13-17-9-10-20-21(12-17)31-15-30-20/h2-12,23H,13-15H2,1H3/p+1. The number of rotatable bonds is 4. The van der Waals surface area contributed by atoms with Crippen LogP contribution in [-0.4, -0.2) is 23.5 Å². The van der Waals surface area contributed by atoms with Crippen LogP contribution in [0.3, 0.4) is 0 Å². The van der Waals surface area contributed by atoms with Crippen LogP contribution in [0, 0.1) is 6.92 Å². The molecule has 0 spiro atoms. The number of nitrogens with one attached hydrogen (secondary N) is 1. The van der Waals surface area contributed by atoms with E-state index in [4.69, 9.17) is 9.47 Å². The van der Waals surface area contributed by atoms with Gasteiger partial charge in [-0.2, -0.15) is 4.57 Å². The van der Waals surface area contributed by atoms with Gasteiger partial charge in [0, 0.05) is 24.4 Å². The number of fused-ring (bicyclic) bond motifs is 2. The Hall–Kier alpha value is -3.87. The Balaban J connectivity index is 1.50. The van der Waals surface area contributed by atoms with Crippen LogP contribution in [0.15, 0.2) is 66.9 Å². The average molecular weight is 416 g/mol. The summed E-state index contributed by atoms with van der Waals surface area (Å²) in [6.45, 7) is 2.60. The molecule has 0 saturated heterocycles. The maximum absolute atomic E-state index is 13.5. The van der Waals surface area contributed by atoms with Crippen LogP contribution in [0.1, 0.15) is 22.9 Å². The van der Waals surface area contributed by atoms with E-state index < -0.39 is 6.04 Å². The van der Waals surface area contributed by atoms with Crippen LogP contribution in [0.2, 0.25) is 0 Å². The van der Waals surface area contributed by atoms with Gasteiger partial charge in [0.1, 0.15) is 0 Å². The lowest BCUT2D eigenvalue weighted by Gasteiger charge is -2.32. The minimum absolute atomic E-state index is 0.119. The highest BCUT2D eigenvalue weighted by Crippen LogP contribution is 2.34. The van der Waals surface area contributed by atoms with E-state index in [0.717, 1.165) is 22.5 Å². The first kappa shape index (κ1) is 19.1. The Labute approximate surface area is 179 Å². The molecule has 1 N–H and O–H groups in total. The van der Waals surface area contributed by atoms with E-state index in [1.165, 1.54) is 0 Å². The van der Waals surface area contributed by atoms with Gasteiger partial charge in [0.25, 0.3) is 11.8 Å². The summed E-state index contributed by atoms with van der Waals surface area (Å²) in [5.74, 6) is 0.968. The minimum Gasteiger partial charge on any atom is -0.454 e. The summed E-state index contributed by atoms with van der Waals surface area (Å²) < 4.78 is 12.7. The van der Waals surface area contributed by atoms with Crippen molar-refractivity contribution in [1.82, 2.24) is 4.90 Å². The van der Waals surface area contributed by atoms with Crippen molar-refractivity contribution in [3.8, 4) is 11.5 Å². The van der Waals surface area contributed by atoms with E-state index in [1.807, 2.05) is 78.4 Å². The molecule has 2 aliphatic heterocycles. The van der Waals surface area contributed by atoms with Gasteiger partial charge in [-0.05, 0) is 36.2 Å². The summed E-state index contributed by atoms with van der Waals surface area (Å²) >= 11 is 0. The first-order valence-corrected chi connectivity index (χ1v) is 10.1. The zero-order valence-electron chi connectivity index (χ0n) is 17.1. The maximum Gasteiger partial charge on any atom is 0.289 e. The lowest BCUT2D eigenvalue weighted by Crippen LogP contribution is -2.58. The molecule has 0 aliphatic carbocycles. The van der Waals surface area contributed by atoms with Crippen molar-refractivity contribution < 1.29 is 23.6 Å². The lowest BCUT2D eigenvalue weighted by molar-refractivity contribution is -0.698. The van der Waals surface area contributed by atoms with E-state index in [0.29, 0.717) is 11.5 Å². The zero-order chi connectivity index (χ0) is 21.4. The number of pyridine rings is 1. The number of ether oxygens (including phenoxy) is 2. The first-order valence-electron chi connectivity index (χ1n) is 10.1. The van der Waals surface area contributed by atoms with Crippen LogP contribution in [-0.2, 0) is 22.7 Å². The molecule has 3 aromatic rings. The third kappa shape index (κ3) is 3.59. The number of para-hydroxylation sites is 1. The summed E-state index contributed by atoms with van der Waals surface area (Å²) in [5.41, 5.74) is 3.34. The zero-order valence-corrected chi connectivity index (χ0v) is 17.1. The average Bonchev–Trinajstić information content (AvgIpc) is 3.23. The molecule has 0 radical (unpaired) electrons. The number of amides is 2. The van der Waals surface area contributed by atoms with E-state index in [2.05, 4.69) is 5.32 Å². The number of carbonyl (C=O) groups is 2. The topological polar surface area (TPSA) is 71.8 Å². The number of benzene rings is 2. The van der Waals surface area contributed by atoms with Crippen molar-refractivity contribution in [2.75, 3.05) is 12.1 Å². The van der Waals surface area contributed by atoms with Crippen LogP contribution >= 0.6 is 0 Å². The van der Waals surface area contributed by atoms with Gasteiger partial charge in [-0.1, -0.05) is 30.3 Å². The van der Waals surface area contributed by atoms with E-state index in [1.54, 1.807) is 4.90 Å². The van der Waals surface area contributed by atoms with Crippen molar-refractivity contribution in [2.45, 2.75) is 26.1 Å². The Kier molecular flexibility index (Phi) is 4.78. The fraction of sp³-hybridized carbons (Fsp3) is 0.208. The number of aryl methyl sites for hydroxylation is 1. The van der Waals surface area contributed by atoms with Gasteiger partial charge in [-0.25, -0.2) is 0 Å². The van der Waals surface area contributed by atoms with Crippen LogP contribution in [0.25, 0.3) is 0 Å². The van der Waals surface area contributed by atoms with Gasteiger partial charge in [-0.15, -0.1) is 0 Å². The van der Waals surface area contributed by atoms with Gasteiger partial charge in [0.15, 0.2) is 23.7 Å². The highest BCUT2D eigenvalue weighted by atomic mass is 16.7. The Bertz CT molecular complexity index is 1180. The summed E-state index contributed by atoms with van der Waals surface area (Å²) in [6, 6.07) is 18.1. The maximum atomic E-state index is 13.5. The molecule has 2 aromatic carbocycles. The van der Waals surface area contributed by atoms with Crippen molar-refractivity contribution in [3.05, 3.63) is 83.7 Å². The Morgan fingerprint density at radius 2 is 1.90 bits per heavy atom. The second kappa shape index (κ2) is 7.75. The molecule has 1 unspecified atom stereocenters. The van der Waals surface area contributed by atoms with Gasteiger partial charge in [0.2, 0.25) is 19.0 Å². The molecule has 156 valence electrons. The molecule has 2 amide bonds. The SMILES string of the molecule is Cc1ccccc1NC(=O)C1c2cccc[n+]2CC(=O)N1Cc1ccc2c(c1)OCO2. The normalized spacial score (nSPS) is 16.7. The van der Waals surface area contributed by atoms with E-state index >= 15 is 0 Å². The van der Waals surface area contributed by atoms with Crippen molar-refractivity contribution in [3.63, 3.8) is 0 Å². The molecule has 7 nitrogen and oxygen atoms in total. The molecule has 0 bridgehead atoms. The van der Waals surface area contributed by atoms with Crippen molar-refractivity contribution in [2.24, 2.45) is 0 Å². The highest BCUT2D eigenvalue weighted by molar-refractivity contribution is 5.98. The largest absolute Gasteiger partial charge is 0.454 e. The summed E-state index contributed by atoms with van der Waals surface area (Å²) in [5, 5.41) is 3.01. The third-order valence-corrected chi connectivity index (χ3v) is 5.63. The molecule has 31 heavy (non-hydrogen) atoms. The highest BCUT2D eigenvalue weighted by Gasteiger charge is 2.42. The van der Waals surface area contributed by atoms with Crippen molar-refractivity contribution in [1.29, 1.82) is 0 Å². The fourth-order valence-electron chi connectivity index (χ4n) is 4.03. The van der Waals surface area contributed by atoms with E-state index in [-0.39, 0.29) is 31.7 Å². The minimum atomic E-state index is -0.757. The van der Waals surface area contributed by atoms with Gasteiger partial charge < -0.3 is 19.7 Å². The molecule has 2 aliphatic rings. The Morgan fingerprint density at radius 3 is 2.77 bits per heavy atom. The quantitative estimate of drug-likeness (QED) is 0.664. The second-order valence-corrected chi connectivity index (χ2v) is 7.67. The molecule has 0 saturated carbocycles. The molecule has 0 fully saturated rings. The van der Waals surface area contributed by atoms with Gasteiger partial charge >= 0.3 is 0 Å². The number of aromatic nitrogens is 1. The molecule has 7 heteroatoms. The third-order valence-electron chi connectivity index (χ3n) is 5.63. The summed E-state index contributed by atoms with van der Waals surface area (Å²) in [7, 11) is 0. The first-order chi connectivity index (χ1) is 15.1. The van der Waals surface area contributed by atoms with Crippen LogP contribution in [0.5, 0.6) is 11.5 Å². The van der Waals surface area contributed by atoms with Crippen LogP contribution in [0.4, 0.5) is 5.69 Å². The number of carbonyl (C=O) groups excluding carboxylic acids is 2. The van der Waals surface area contributed by atoms with Crippen molar-refractivity contribution >= 4 is 17.5 Å². The number of hydrogen-bond acceptors (Lipinski definition) is 4. The molecular formula is C24H22N3O4+. The molecular weight excluding hydrogens is 394 g/mol. The number of hydrogen-bond donors (Lipinski definition) is 1. The molecule has 1 atom stereocenters. The lowest BCUT2D eigenvalue weighted by atomic mass is 10.0. The predicted molar refractivity (Wildman–Crippen MR) is 112 cm³/mol. The fourth-order valence-corrected chi connectivity index (χ4v) is 4.03. The van der Waals surface area contributed by atoms with Crippen LogP contribution < -0.4 is 19.4 Å². The second-order valence-electron chi connectivity index (χ2n) is 7.67. The number of anilines is 1. The summed E-state index contributed by atoms with van der Waals surface area (Å²) in [6.07, 6.45) is 1.83. The van der Waals surface area contributed by atoms with E-state index in [9.17, 15) is 9.59 Å².